The molecule has 1 saturated heterocycles. The van der Waals surface area contributed by atoms with Crippen molar-refractivity contribution in [2.24, 2.45) is 0 Å². The van der Waals surface area contributed by atoms with Crippen LogP contribution >= 0.6 is 11.6 Å². The average molecular weight is 335 g/mol. The summed E-state index contributed by atoms with van der Waals surface area (Å²) in [7, 11) is 1.99. The number of carbonyl (C=O) groups is 1. The van der Waals surface area contributed by atoms with Crippen molar-refractivity contribution in [3.05, 3.63) is 46.1 Å². The number of hydrogen-bond donors (Lipinski definition) is 0. The Balaban J connectivity index is 1.81. The summed E-state index contributed by atoms with van der Waals surface area (Å²) in [6.07, 6.45) is 0. The van der Waals surface area contributed by atoms with E-state index in [1.54, 1.807) is 17.9 Å². The molecule has 23 heavy (non-hydrogen) atoms. The predicted molar refractivity (Wildman–Crippen MR) is 86.5 cm³/mol. The second-order valence-electron chi connectivity index (χ2n) is 5.91. The van der Waals surface area contributed by atoms with Crippen LogP contribution in [-0.4, -0.2) is 52.5 Å². The van der Waals surface area contributed by atoms with E-state index in [1.807, 2.05) is 26.1 Å². The molecule has 1 aromatic carbocycles. The molecule has 2 heterocycles. The van der Waals surface area contributed by atoms with Crippen molar-refractivity contribution in [1.29, 1.82) is 0 Å². The number of hydrogen-bond acceptors (Lipinski definition) is 5. The first-order valence-corrected chi connectivity index (χ1v) is 7.89. The Morgan fingerprint density at radius 2 is 2.13 bits per heavy atom. The van der Waals surface area contributed by atoms with Crippen molar-refractivity contribution in [2.75, 3.05) is 26.7 Å². The highest BCUT2D eigenvalue weighted by Crippen LogP contribution is 2.26. The smallest absolute Gasteiger partial charge is 0.255 e. The molecule has 1 aromatic heterocycles. The third-order valence-corrected chi connectivity index (χ3v) is 4.43. The highest BCUT2D eigenvalue weighted by atomic mass is 35.5. The van der Waals surface area contributed by atoms with Crippen LogP contribution in [0.2, 0.25) is 5.02 Å². The summed E-state index contributed by atoms with van der Waals surface area (Å²) in [5.74, 6) is 1.07. The zero-order valence-electron chi connectivity index (χ0n) is 13.4. The summed E-state index contributed by atoms with van der Waals surface area (Å²) in [6, 6.07) is 5.39. The summed E-state index contributed by atoms with van der Waals surface area (Å²) < 4.78 is 5.28. The Morgan fingerprint density at radius 1 is 1.35 bits per heavy atom. The minimum atomic E-state index is -0.0990. The number of nitrogens with zero attached hydrogens (tertiary/aromatic N) is 4. The van der Waals surface area contributed by atoms with Crippen LogP contribution < -0.4 is 0 Å². The van der Waals surface area contributed by atoms with Gasteiger partial charge < -0.3 is 9.42 Å². The van der Waals surface area contributed by atoms with Crippen LogP contribution in [0.1, 0.15) is 33.7 Å². The van der Waals surface area contributed by atoms with E-state index in [2.05, 4.69) is 15.0 Å². The summed E-state index contributed by atoms with van der Waals surface area (Å²) >= 11 is 6.23. The summed E-state index contributed by atoms with van der Waals surface area (Å²) in [5.41, 5.74) is 1.56. The molecule has 0 spiro atoms. The van der Waals surface area contributed by atoms with Gasteiger partial charge in [0.25, 0.3) is 5.91 Å². The fourth-order valence-electron chi connectivity index (χ4n) is 2.74. The van der Waals surface area contributed by atoms with E-state index in [4.69, 9.17) is 16.1 Å². The minimum absolute atomic E-state index is 0.0654. The van der Waals surface area contributed by atoms with Crippen LogP contribution in [0.15, 0.2) is 22.7 Å². The maximum atomic E-state index is 12.8. The van der Waals surface area contributed by atoms with Gasteiger partial charge in [-0.1, -0.05) is 22.8 Å². The first-order chi connectivity index (χ1) is 11.0. The summed E-state index contributed by atoms with van der Waals surface area (Å²) in [4.78, 5) is 21.0. The molecule has 0 N–H and O–H groups in total. The van der Waals surface area contributed by atoms with Crippen LogP contribution in [-0.2, 0) is 0 Å². The third-order valence-electron chi connectivity index (χ3n) is 4.12. The van der Waals surface area contributed by atoms with E-state index in [-0.39, 0.29) is 11.9 Å². The molecule has 1 aliphatic heterocycles. The lowest BCUT2D eigenvalue weighted by atomic mass is 10.1. The van der Waals surface area contributed by atoms with Crippen molar-refractivity contribution in [2.45, 2.75) is 19.9 Å². The molecule has 1 atom stereocenters. The van der Waals surface area contributed by atoms with Gasteiger partial charge in [-0.15, -0.1) is 0 Å². The maximum Gasteiger partial charge on any atom is 0.255 e. The zero-order valence-corrected chi connectivity index (χ0v) is 14.2. The molecule has 1 aliphatic rings. The number of benzene rings is 1. The van der Waals surface area contributed by atoms with Gasteiger partial charge in [0.05, 0.1) is 10.6 Å². The molecule has 6 nitrogen and oxygen atoms in total. The summed E-state index contributed by atoms with van der Waals surface area (Å²) in [6.45, 7) is 5.61. The number of piperazine rings is 1. The van der Waals surface area contributed by atoms with Gasteiger partial charge >= 0.3 is 0 Å². The van der Waals surface area contributed by atoms with Crippen molar-refractivity contribution in [3.8, 4) is 0 Å². The molecule has 2 aromatic rings. The van der Waals surface area contributed by atoms with E-state index in [9.17, 15) is 4.79 Å². The van der Waals surface area contributed by atoms with Crippen LogP contribution in [0.4, 0.5) is 0 Å². The first kappa shape index (κ1) is 16.0. The van der Waals surface area contributed by atoms with E-state index in [0.29, 0.717) is 35.4 Å². The SMILES string of the molecule is Cc1ccc(C(=O)N2CCN(C)[C@@H](c3nc(C)no3)C2)c(Cl)c1. The minimum Gasteiger partial charge on any atom is -0.338 e. The van der Waals surface area contributed by atoms with Crippen molar-refractivity contribution < 1.29 is 9.32 Å². The molecule has 3 rings (SSSR count). The topological polar surface area (TPSA) is 62.5 Å². The molecule has 122 valence electrons. The third kappa shape index (κ3) is 3.23. The fourth-order valence-corrected chi connectivity index (χ4v) is 3.05. The number of carbonyl (C=O) groups excluding carboxylic acids is 1. The average Bonchev–Trinajstić information content (AvgIpc) is 2.93. The van der Waals surface area contributed by atoms with Crippen LogP contribution in [0.3, 0.4) is 0 Å². The van der Waals surface area contributed by atoms with Gasteiger partial charge in [0.2, 0.25) is 5.89 Å². The Bertz CT molecular complexity index is 731. The number of aryl methyl sites for hydroxylation is 2. The van der Waals surface area contributed by atoms with Crippen molar-refractivity contribution in [3.63, 3.8) is 0 Å². The number of likely N-dealkylation sites (N-methyl/N-ethyl adjacent to an activating group) is 1. The monoisotopic (exact) mass is 334 g/mol. The number of amides is 1. The number of rotatable bonds is 2. The second-order valence-corrected chi connectivity index (χ2v) is 6.32. The van der Waals surface area contributed by atoms with Gasteiger partial charge in [-0.3, -0.25) is 9.69 Å². The molecule has 0 aliphatic carbocycles. The van der Waals surface area contributed by atoms with Gasteiger partial charge in [-0.05, 0) is 38.6 Å². The molecular weight excluding hydrogens is 316 g/mol. The number of aromatic nitrogens is 2. The molecule has 0 bridgehead atoms. The predicted octanol–water partition coefficient (Wildman–Crippen LogP) is 2.47. The van der Waals surface area contributed by atoms with Crippen LogP contribution in [0, 0.1) is 13.8 Å². The molecule has 0 saturated carbocycles. The highest BCUT2D eigenvalue weighted by Gasteiger charge is 2.32. The zero-order chi connectivity index (χ0) is 16.6. The Kier molecular flexibility index (Phi) is 4.37. The molecule has 1 fully saturated rings. The van der Waals surface area contributed by atoms with Crippen LogP contribution in [0.5, 0.6) is 0 Å². The van der Waals surface area contributed by atoms with E-state index in [1.165, 1.54) is 0 Å². The molecule has 0 radical (unpaired) electrons. The van der Waals surface area contributed by atoms with E-state index < -0.39 is 0 Å². The summed E-state index contributed by atoms with van der Waals surface area (Å²) in [5, 5.41) is 4.33. The van der Waals surface area contributed by atoms with Gasteiger partial charge in [0.1, 0.15) is 6.04 Å². The Hall–Kier alpha value is -1.92. The molecular formula is C16H19ClN4O2. The lowest BCUT2D eigenvalue weighted by Crippen LogP contribution is -2.49. The highest BCUT2D eigenvalue weighted by molar-refractivity contribution is 6.33. The van der Waals surface area contributed by atoms with Crippen molar-refractivity contribution in [1.82, 2.24) is 19.9 Å². The number of halogens is 1. The lowest BCUT2D eigenvalue weighted by molar-refractivity contribution is 0.0489. The maximum absolute atomic E-state index is 12.8. The molecule has 7 heteroatoms. The lowest BCUT2D eigenvalue weighted by Gasteiger charge is -2.37. The Morgan fingerprint density at radius 3 is 2.78 bits per heavy atom. The second kappa shape index (κ2) is 6.29. The standard InChI is InChI=1S/C16H19ClN4O2/c1-10-4-5-12(13(17)8-10)16(22)21-7-6-20(3)14(9-21)15-18-11(2)19-23-15/h4-5,8,14H,6-7,9H2,1-3H3/t14-/m1/s1. The van der Waals surface area contributed by atoms with Gasteiger partial charge in [0, 0.05) is 19.6 Å². The van der Waals surface area contributed by atoms with Gasteiger partial charge in [0.15, 0.2) is 5.82 Å². The van der Waals surface area contributed by atoms with E-state index in [0.717, 1.165) is 12.1 Å². The van der Waals surface area contributed by atoms with Crippen LogP contribution in [0.25, 0.3) is 0 Å². The first-order valence-electron chi connectivity index (χ1n) is 7.51. The normalized spacial score (nSPS) is 19.1. The fraction of sp³-hybridized carbons (Fsp3) is 0.438. The quantitative estimate of drug-likeness (QED) is 0.844. The van der Waals surface area contributed by atoms with Crippen molar-refractivity contribution >= 4 is 17.5 Å². The molecule has 0 unspecified atom stereocenters. The van der Waals surface area contributed by atoms with Gasteiger partial charge in [-0.25, -0.2) is 0 Å². The van der Waals surface area contributed by atoms with E-state index >= 15 is 0 Å². The molecule has 1 amide bonds. The Labute approximate surface area is 140 Å². The largest absolute Gasteiger partial charge is 0.338 e. The van der Waals surface area contributed by atoms with Gasteiger partial charge in [-0.2, -0.15) is 4.98 Å².